The number of hydrogen-bond donors (Lipinski definition) is 1. The summed E-state index contributed by atoms with van der Waals surface area (Å²) in [5, 5.41) is 0. The van der Waals surface area contributed by atoms with Gasteiger partial charge in [0.25, 0.3) is 0 Å². The molecule has 3 nitrogen and oxygen atoms in total. The largest absolute Gasteiger partial charge is 0.468 e. The van der Waals surface area contributed by atoms with Gasteiger partial charge in [0, 0.05) is 12.1 Å². The number of nitrogens with two attached hydrogens (primary N) is 1. The third-order valence-corrected chi connectivity index (χ3v) is 2.97. The zero-order valence-corrected chi connectivity index (χ0v) is 11.4. The fourth-order valence-electron chi connectivity index (χ4n) is 1.90. The quantitative estimate of drug-likeness (QED) is 0.854. The van der Waals surface area contributed by atoms with Gasteiger partial charge in [-0.05, 0) is 36.9 Å². The first-order valence-electron chi connectivity index (χ1n) is 5.85. The van der Waals surface area contributed by atoms with Gasteiger partial charge in [-0.2, -0.15) is 0 Å². The lowest BCUT2D eigenvalue weighted by Gasteiger charge is -2.15. The highest BCUT2D eigenvalue weighted by Gasteiger charge is 2.08. The van der Waals surface area contributed by atoms with E-state index in [0.29, 0.717) is 18.7 Å². The SMILES string of the molecule is CN(Cc1ccc(F)c(C(N)=S)c1)Cc1ccco1. The normalized spacial score (nSPS) is 10.9. The van der Waals surface area contributed by atoms with Crippen molar-refractivity contribution in [3.63, 3.8) is 0 Å². The fourth-order valence-corrected chi connectivity index (χ4v) is 2.05. The van der Waals surface area contributed by atoms with E-state index in [4.69, 9.17) is 22.4 Å². The van der Waals surface area contributed by atoms with Gasteiger partial charge in [0.1, 0.15) is 16.6 Å². The van der Waals surface area contributed by atoms with E-state index >= 15 is 0 Å². The van der Waals surface area contributed by atoms with Gasteiger partial charge in [0.2, 0.25) is 0 Å². The number of halogens is 1. The van der Waals surface area contributed by atoms with E-state index in [1.54, 1.807) is 18.4 Å². The first-order valence-corrected chi connectivity index (χ1v) is 6.26. The van der Waals surface area contributed by atoms with Gasteiger partial charge in [-0.15, -0.1) is 0 Å². The minimum atomic E-state index is -0.384. The highest BCUT2D eigenvalue weighted by Crippen LogP contribution is 2.13. The van der Waals surface area contributed by atoms with Crippen molar-refractivity contribution in [2.24, 2.45) is 5.73 Å². The van der Waals surface area contributed by atoms with Crippen LogP contribution in [0, 0.1) is 5.82 Å². The van der Waals surface area contributed by atoms with Crippen LogP contribution in [0.15, 0.2) is 41.0 Å². The molecule has 1 aromatic carbocycles. The molecule has 0 aliphatic carbocycles. The van der Waals surface area contributed by atoms with Gasteiger partial charge in [0.15, 0.2) is 0 Å². The maximum atomic E-state index is 13.5. The third kappa shape index (κ3) is 3.62. The molecule has 0 spiro atoms. The second-order valence-corrected chi connectivity index (χ2v) is 4.87. The Balaban J connectivity index is 2.06. The van der Waals surface area contributed by atoms with E-state index in [1.165, 1.54) is 6.07 Å². The molecule has 0 saturated heterocycles. The van der Waals surface area contributed by atoms with Crippen molar-refractivity contribution in [3.05, 3.63) is 59.3 Å². The van der Waals surface area contributed by atoms with Crippen LogP contribution in [0.3, 0.4) is 0 Å². The minimum Gasteiger partial charge on any atom is -0.468 e. The molecule has 2 rings (SSSR count). The van der Waals surface area contributed by atoms with Crippen LogP contribution in [0.25, 0.3) is 0 Å². The van der Waals surface area contributed by atoms with E-state index < -0.39 is 0 Å². The Labute approximate surface area is 116 Å². The van der Waals surface area contributed by atoms with E-state index in [2.05, 4.69) is 4.90 Å². The Morgan fingerprint density at radius 3 is 2.79 bits per heavy atom. The Kier molecular flexibility index (Phi) is 4.29. The second kappa shape index (κ2) is 5.95. The molecule has 0 radical (unpaired) electrons. The third-order valence-electron chi connectivity index (χ3n) is 2.75. The van der Waals surface area contributed by atoms with Crippen molar-refractivity contribution < 1.29 is 8.81 Å². The van der Waals surface area contributed by atoms with Crippen LogP contribution in [-0.4, -0.2) is 16.9 Å². The molecule has 1 heterocycles. The summed E-state index contributed by atoms with van der Waals surface area (Å²) in [6.07, 6.45) is 1.64. The van der Waals surface area contributed by atoms with Crippen molar-refractivity contribution in [1.82, 2.24) is 4.90 Å². The highest BCUT2D eigenvalue weighted by molar-refractivity contribution is 7.80. The molecule has 0 atom stereocenters. The Morgan fingerprint density at radius 1 is 1.37 bits per heavy atom. The summed E-state index contributed by atoms with van der Waals surface area (Å²) >= 11 is 4.83. The van der Waals surface area contributed by atoms with Crippen LogP contribution < -0.4 is 5.73 Å². The molecule has 0 bridgehead atoms. The summed E-state index contributed by atoms with van der Waals surface area (Å²) in [4.78, 5) is 2.14. The first kappa shape index (κ1) is 13.7. The molecule has 0 aliphatic heterocycles. The van der Waals surface area contributed by atoms with E-state index in [0.717, 1.165) is 11.3 Å². The Morgan fingerprint density at radius 2 is 2.16 bits per heavy atom. The number of nitrogens with zero attached hydrogens (tertiary/aromatic N) is 1. The number of hydrogen-bond acceptors (Lipinski definition) is 3. The summed E-state index contributed by atoms with van der Waals surface area (Å²) in [6.45, 7) is 1.35. The molecular weight excluding hydrogens is 263 g/mol. The molecule has 0 saturated carbocycles. The van der Waals surface area contributed by atoms with Crippen LogP contribution in [-0.2, 0) is 13.1 Å². The lowest BCUT2D eigenvalue weighted by molar-refractivity contribution is 0.287. The average molecular weight is 278 g/mol. The zero-order chi connectivity index (χ0) is 13.8. The Hall–Kier alpha value is -1.72. The predicted octanol–water partition coefficient (Wildman–Crippen LogP) is 2.68. The number of furan rings is 1. The zero-order valence-electron chi connectivity index (χ0n) is 10.6. The van der Waals surface area contributed by atoms with Crippen LogP contribution in [0.1, 0.15) is 16.9 Å². The summed E-state index contributed by atoms with van der Waals surface area (Å²) in [5.41, 5.74) is 6.73. The standard InChI is InChI=1S/C14H15FN2OS/c1-17(9-11-3-2-6-18-11)8-10-4-5-13(15)12(7-10)14(16)19/h2-7H,8-9H2,1H3,(H2,16,19). The fraction of sp³-hybridized carbons (Fsp3) is 0.214. The molecule has 2 aromatic rings. The Bertz CT molecular complexity index is 569. The molecule has 0 unspecified atom stereocenters. The predicted molar refractivity (Wildman–Crippen MR) is 76.2 cm³/mol. The van der Waals surface area contributed by atoms with E-state index in [1.807, 2.05) is 19.2 Å². The molecule has 0 aliphatic rings. The van der Waals surface area contributed by atoms with Crippen molar-refractivity contribution >= 4 is 17.2 Å². The molecular formula is C14H15FN2OS. The van der Waals surface area contributed by atoms with E-state index in [9.17, 15) is 4.39 Å². The lowest BCUT2D eigenvalue weighted by atomic mass is 10.1. The minimum absolute atomic E-state index is 0.0769. The number of thiocarbonyl (C=S) groups is 1. The number of benzene rings is 1. The summed E-state index contributed by atoms with van der Waals surface area (Å²) in [7, 11) is 1.96. The smallest absolute Gasteiger partial charge is 0.133 e. The molecule has 0 amide bonds. The average Bonchev–Trinajstić information content (AvgIpc) is 2.84. The topological polar surface area (TPSA) is 42.4 Å². The lowest BCUT2D eigenvalue weighted by Crippen LogP contribution is -2.18. The summed E-state index contributed by atoms with van der Waals surface area (Å²) in [5.74, 6) is 0.504. The number of rotatable bonds is 5. The highest BCUT2D eigenvalue weighted by atomic mass is 32.1. The van der Waals surface area contributed by atoms with Crippen LogP contribution in [0.5, 0.6) is 0 Å². The summed E-state index contributed by atoms with van der Waals surface area (Å²) < 4.78 is 18.7. The second-order valence-electron chi connectivity index (χ2n) is 4.43. The monoisotopic (exact) mass is 278 g/mol. The first-order chi connectivity index (χ1) is 9.06. The molecule has 0 fully saturated rings. The van der Waals surface area contributed by atoms with Crippen molar-refractivity contribution in [1.29, 1.82) is 0 Å². The molecule has 2 N–H and O–H groups in total. The molecule has 19 heavy (non-hydrogen) atoms. The van der Waals surface area contributed by atoms with Crippen molar-refractivity contribution in [3.8, 4) is 0 Å². The van der Waals surface area contributed by atoms with Crippen molar-refractivity contribution in [2.75, 3.05) is 7.05 Å². The van der Waals surface area contributed by atoms with Gasteiger partial charge in [0.05, 0.1) is 12.8 Å². The summed E-state index contributed by atoms with van der Waals surface area (Å²) in [6, 6.07) is 8.59. The maximum absolute atomic E-state index is 13.5. The van der Waals surface area contributed by atoms with Crippen LogP contribution >= 0.6 is 12.2 Å². The van der Waals surface area contributed by atoms with Gasteiger partial charge < -0.3 is 10.2 Å². The van der Waals surface area contributed by atoms with Gasteiger partial charge >= 0.3 is 0 Å². The van der Waals surface area contributed by atoms with Gasteiger partial charge in [-0.3, -0.25) is 4.90 Å². The maximum Gasteiger partial charge on any atom is 0.133 e. The molecule has 1 aromatic heterocycles. The van der Waals surface area contributed by atoms with Crippen molar-refractivity contribution in [2.45, 2.75) is 13.1 Å². The van der Waals surface area contributed by atoms with Crippen LogP contribution in [0.2, 0.25) is 0 Å². The van der Waals surface area contributed by atoms with Gasteiger partial charge in [-0.1, -0.05) is 18.3 Å². The van der Waals surface area contributed by atoms with Crippen LogP contribution in [0.4, 0.5) is 4.39 Å². The molecule has 100 valence electrons. The molecule has 5 heteroatoms. The van der Waals surface area contributed by atoms with E-state index in [-0.39, 0.29) is 10.8 Å². The van der Waals surface area contributed by atoms with Gasteiger partial charge in [-0.25, -0.2) is 4.39 Å².